The van der Waals surface area contributed by atoms with Gasteiger partial charge < -0.3 is 14.2 Å². The van der Waals surface area contributed by atoms with E-state index in [1.165, 1.54) is 10.8 Å². The SMILES string of the molecule is CCN(CC)CCCCN(Cc1ccc2ccccc2c1)C(=O)c1oc(-c2ccccc2)nc1C. The maximum Gasteiger partial charge on any atom is 0.291 e. The molecule has 4 rings (SSSR count). The normalized spacial score (nSPS) is 11.3. The van der Waals surface area contributed by atoms with Crippen molar-refractivity contribution >= 4 is 16.7 Å². The quantitative estimate of drug-likeness (QED) is 0.233. The monoisotopic (exact) mass is 469 g/mol. The highest BCUT2D eigenvalue weighted by molar-refractivity contribution is 5.93. The van der Waals surface area contributed by atoms with Crippen LogP contribution in [0.3, 0.4) is 0 Å². The van der Waals surface area contributed by atoms with Gasteiger partial charge >= 0.3 is 0 Å². The number of nitrogens with zero attached hydrogens (tertiary/aromatic N) is 3. The fourth-order valence-electron chi connectivity index (χ4n) is 4.43. The van der Waals surface area contributed by atoms with E-state index in [1.807, 2.05) is 54.3 Å². The minimum Gasteiger partial charge on any atom is -0.431 e. The molecule has 0 saturated heterocycles. The molecule has 5 heteroatoms. The largest absolute Gasteiger partial charge is 0.431 e. The van der Waals surface area contributed by atoms with Crippen molar-refractivity contribution in [3.8, 4) is 11.5 Å². The molecule has 0 fully saturated rings. The van der Waals surface area contributed by atoms with Gasteiger partial charge in [0, 0.05) is 18.7 Å². The smallest absolute Gasteiger partial charge is 0.291 e. The van der Waals surface area contributed by atoms with E-state index in [2.05, 4.69) is 54.1 Å². The number of unbranched alkanes of at least 4 members (excludes halogenated alkanes) is 1. The number of amides is 1. The Morgan fingerprint density at radius 1 is 0.857 bits per heavy atom. The first-order valence-corrected chi connectivity index (χ1v) is 12.6. The number of hydrogen-bond donors (Lipinski definition) is 0. The van der Waals surface area contributed by atoms with Gasteiger partial charge in [-0.3, -0.25) is 4.79 Å². The average molecular weight is 470 g/mol. The second-order valence-corrected chi connectivity index (χ2v) is 8.94. The molecule has 0 bridgehead atoms. The molecule has 0 unspecified atom stereocenters. The molecule has 35 heavy (non-hydrogen) atoms. The zero-order valence-corrected chi connectivity index (χ0v) is 21.0. The number of carbonyl (C=O) groups excluding carboxylic acids is 1. The van der Waals surface area contributed by atoms with Crippen LogP contribution in [0.1, 0.15) is 48.5 Å². The Labute approximate surface area is 208 Å². The van der Waals surface area contributed by atoms with Crippen molar-refractivity contribution in [1.29, 1.82) is 0 Å². The third kappa shape index (κ3) is 6.17. The molecule has 1 heterocycles. The van der Waals surface area contributed by atoms with E-state index in [0.717, 1.165) is 43.6 Å². The summed E-state index contributed by atoms with van der Waals surface area (Å²) in [6.07, 6.45) is 1.99. The van der Waals surface area contributed by atoms with E-state index in [4.69, 9.17) is 4.42 Å². The van der Waals surface area contributed by atoms with Crippen LogP contribution in [-0.2, 0) is 6.54 Å². The Hall–Kier alpha value is -3.44. The maximum absolute atomic E-state index is 13.7. The fraction of sp³-hybridized carbons (Fsp3) is 0.333. The van der Waals surface area contributed by atoms with E-state index >= 15 is 0 Å². The van der Waals surface area contributed by atoms with Crippen molar-refractivity contribution in [3.05, 3.63) is 89.8 Å². The molecule has 4 aromatic rings. The van der Waals surface area contributed by atoms with Crippen LogP contribution in [0, 0.1) is 6.92 Å². The molecule has 0 saturated carbocycles. The molecule has 5 nitrogen and oxygen atoms in total. The summed E-state index contributed by atoms with van der Waals surface area (Å²) >= 11 is 0. The van der Waals surface area contributed by atoms with Gasteiger partial charge in [-0.25, -0.2) is 4.98 Å². The van der Waals surface area contributed by atoms with Crippen molar-refractivity contribution < 1.29 is 9.21 Å². The van der Waals surface area contributed by atoms with Gasteiger partial charge in [0.2, 0.25) is 11.7 Å². The van der Waals surface area contributed by atoms with E-state index in [9.17, 15) is 4.79 Å². The van der Waals surface area contributed by atoms with Gasteiger partial charge in [0.25, 0.3) is 5.91 Å². The van der Waals surface area contributed by atoms with Crippen molar-refractivity contribution in [2.75, 3.05) is 26.2 Å². The van der Waals surface area contributed by atoms with Crippen molar-refractivity contribution in [2.45, 2.75) is 40.2 Å². The number of oxazole rings is 1. The number of aryl methyl sites for hydroxylation is 1. The number of rotatable bonds is 11. The molecule has 0 aliphatic carbocycles. The Kier molecular flexibility index (Phi) is 8.32. The fourth-order valence-corrected chi connectivity index (χ4v) is 4.43. The lowest BCUT2D eigenvalue weighted by Gasteiger charge is -2.23. The summed E-state index contributed by atoms with van der Waals surface area (Å²) in [5.74, 6) is 0.709. The minimum absolute atomic E-state index is 0.104. The molecule has 0 N–H and O–H groups in total. The van der Waals surface area contributed by atoms with E-state index in [-0.39, 0.29) is 5.91 Å². The van der Waals surface area contributed by atoms with Gasteiger partial charge in [0.1, 0.15) is 0 Å². The third-order valence-corrected chi connectivity index (χ3v) is 6.53. The number of carbonyl (C=O) groups is 1. The molecule has 0 aliphatic rings. The van der Waals surface area contributed by atoms with Crippen LogP contribution in [0.5, 0.6) is 0 Å². The van der Waals surface area contributed by atoms with Gasteiger partial charge in [-0.1, -0.05) is 68.4 Å². The van der Waals surface area contributed by atoms with E-state index in [1.54, 1.807) is 0 Å². The number of benzene rings is 3. The first-order chi connectivity index (χ1) is 17.1. The summed E-state index contributed by atoms with van der Waals surface area (Å²) in [4.78, 5) is 22.6. The van der Waals surface area contributed by atoms with Gasteiger partial charge in [-0.15, -0.1) is 0 Å². The molecule has 182 valence electrons. The van der Waals surface area contributed by atoms with Crippen molar-refractivity contribution in [2.24, 2.45) is 0 Å². The summed E-state index contributed by atoms with van der Waals surface area (Å²) in [5.41, 5.74) is 2.61. The Morgan fingerprint density at radius 2 is 1.54 bits per heavy atom. The Bertz CT molecular complexity index is 1240. The van der Waals surface area contributed by atoms with Crippen molar-refractivity contribution in [1.82, 2.24) is 14.8 Å². The van der Waals surface area contributed by atoms with Crippen LogP contribution >= 0.6 is 0 Å². The highest BCUT2D eigenvalue weighted by Crippen LogP contribution is 2.24. The van der Waals surface area contributed by atoms with Gasteiger partial charge in [0.05, 0.1) is 5.69 Å². The molecule has 0 atom stereocenters. The molecule has 0 spiro atoms. The van der Waals surface area contributed by atoms with Crippen LogP contribution in [-0.4, -0.2) is 46.9 Å². The van der Waals surface area contributed by atoms with E-state index in [0.29, 0.717) is 30.4 Å². The minimum atomic E-state index is -0.104. The summed E-state index contributed by atoms with van der Waals surface area (Å²) in [5, 5.41) is 2.38. The molecular formula is C30H35N3O2. The second-order valence-electron chi connectivity index (χ2n) is 8.94. The predicted octanol–water partition coefficient (Wildman–Crippen LogP) is 6.57. The first kappa shape index (κ1) is 24.7. The molecule has 0 aliphatic heterocycles. The standard InChI is InChI=1S/C30H35N3O2/c1-4-32(5-2)19-11-12-20-33(22-24-17-18-25-13-9-10-16-27(25)21-24)30(34)28-23(3)31-29(35-28)26-14-7-6-8-15-26/h6-10,13-18,21H,4-5,11-12,19-20,22H2,1-3H3. The second kappa shape index (κ2) is 11.8. The first-order valence-electron chi connectivity index (χ1n) is 12.6. The Balaban J connectivity index is 1.55. The zero-order valence-electron chi connectivity index (χ0n) is 21.0. The summed E-state index contributed by atoms with van der Waals surface area (Å²) in [6.45, 7) is 10.6. The summed E-state index contributed by atoms with van der Waals surface area (Å²) in [6, 6.07) is 24.5. The van der Waals surface area contributed by atoms with Crippen LogP contribution in [0.4, 0.5) is 0 Å². The third-order valence-electron chi connectivity index (χ3n) is 6.53. The Morgan fingerprint density at radius 3 is 2.29 bits per heavy atom. The van der Waals surface area contributed by atoms with Crippen molar-refractivity contribution in [3.63, 3.8) is 0 Å². The summed E-state index contributed by atoms with van der Waals surface area (Å²) < 4.78 is 6.02. The highest BCUT2D eigenvalue weighted by Gasteiger charge is 2.24. The number of aromatic nitrogens is 1. The van der Waals surface area contributed by atoms with Crippen LogP contribution in [0.2, 0.25) is 0 Å². The maximum atomic E-state index is 13.7. The van der Waals surface area contributed by atoms with Gasteiger partial charge in [-0.05, 0) is 73.9 Å². The average Bonchev–Trinajstić information content (AvgIpc) is 3.29. The molecule has 3 aromatic carbocycles. The highest BCUT2D eigenvalue weighted by atomic mass is 16.4. The zero-order chi connectivity index (χ0) is 24.6. The number of hydrogen-bond acceptors (Lipinski definition) is 4. The lowest BCUT2D eigenvalue weighted by molar-refractivity contribution is 0.0706. The van der Waals surface area contributed by atoms with Crippen LogP contribution in [0.15, 0.2) is 77.2 Å². The molecular weight excluding hydrogens is 434 g/mol. The van der Waals surface area contributed by atoms with Crippen LogP contribution < -0.4 is 0 Å². The van der Waals surface area contributed by atoms with E-state index < -0.39 is 0 Å². The van der Waals surface area contributed by atoms with Gasteiger partial charge in [-0.2, -0.15) is 0 Å². The molecule has 0 radical (unpaired) electrons. The lowest BCUT2D eigenvalue weighted by atomic mass is 10.1. The topological polar surface area (TPSA) is 49.6 Å². The molecule has 1 aromatic heterocycles. The molecule has 1 amide bonds. The number of fused-ring (bicyclic) bond motifs is 1. The summed E-state index contributed by atoms with van der Waals surface area (Å²) in [7, 11) is 0. The predicted molar refractivity (Wildman–Crippen MR) is 142 cm³/mol. The van der Waals surface area contributed by atoms with Crippen LogP contribution in [0.25, 0.3) is 22.2 Å². The van der Waals surface area contributed by atoms with Gasteiger partial charge in [0.15, 0.2) is 0 Å². The lowest BCUT2D eigenvalue weighted by Crippen LogP contribution is -2.32.